The largest absolute Gasteiger partial charge is 0.496 e. The molecule has 0 spiro atoms. The van der Waals surface area contributed by atoms with Gasteiger partial charge in [0.1, 0.15) is 40.0 Å². The number of amides is 1. The molecule has 1 amide bonds. The molecule has 1 aromatic carbocycles. The number of nitrogens with zero attached hydrogens (tertiary/aromatic N) is 5. The monoisotopic (exact) mass is 557 g/mol. The lowest BCUT2D eigenvalue weighted by molar-refractivity contribution is -0.0216. The number of imidazole rings is 1. The van der Waals surface area contributed by atoms with Gasteiger partial charge in [0.05, 0.1) is 31.5 Å². The van der Waals surface area contributed by atoms with Crippen molar-refractivity contribution >= 4 is 44.7 Å². The zero-order chi connectivity index (χ0) is 26.4. The van der Waals surface area contributed by atoms with Gasteiger partial charge in [0.15, 0.2) is 5.76 Å². The molecule has 0 saturated carbocycles. The van der Waals surface area contributed by atoms with Gasteiger partial charge in [-0.05, 0) is 17.4 Å². The number of thiazole rings is 1. The summed E-state index contributed by atoms with van der Waals surface area (Å²) in [6.45, 7) is 0.695. The van der Waals surface area contributed by atoms with E-state index < -0.39 is 11.7 Å². The minimum atomic E-state index is -1.14. The van der Waals surface area contributed by atoms with Gasteiger partial charge in [0.2, 0.25) is 4.96 Å². The zero-order valence-corrected chi connectivity index (χ0v) is 22.0. The Morgan fingerprint density at radius 3 is 2.71 bits per heavy atom. The molecule has 1 aliphatic rings. The lowest BCUT2D eigenvalue weighted by Gasteiger charge is -2.35. The topological polar surface area (TPSA) is 145 Å². The summed E-state index contributed by atoms with van der Waals surface area (Å²) in [6, 6.07) is 5.42. The molecule has 14 heteroatoms. The van der Waals surface area contributed by atoms with E-state index >= 15 is 0 Å². The third-order valence-electron chi connectivity index (χ3n) is 6.45. The number of benzene rings is 1. The number of likely N-dealkylation sites (tertiary alicyclic amines) is 1. The standard InChI is InChI=1S/C24H23N5O7S2/c1-33-14-7-17(35-11-13-12-37-20(25-13)24(32)3-5-28(6-4-24)23(30)31)15-9-19(36-18(15)8-14)16-10-29-21(26-16)38-22(27-29)34-2/h7-10,12,32H,3-6,11H2,1-2H3,(H,30,31). The molecule has 1 aliphatic heterocycles. The normalized spacial score (nSPS) is 15.3. The highest BCUT2D eigenvalue weighted by atomic mass is 32.1. The van der Waals surface area contributed by atoms with Gasteiger partial charge in [-0.1, -0.05) is 0 Å². The van der Waals surface area contributed by atoms with Crippen molar-refractivity contribution < 1.29 is 33.6 Å². The summed E-state index contributed by atoms with van der Waals surface area (Å²) in [5, 5.41) is 28.2. The van der Waals surface area contributed by atoms with Crippen molar-refractivity contribution in [2.45, 2.75) is 25.0 Å². The van der Waals surface area contributed by atoms with Crippen LogP contribution in [0, 0.1) is 0 Å². The molecular formula is C24H23N5O7S2. The van der Waals surface area contributed by atoms with E-state index in [1.54, 1.807) is 37.1 Å². The number of piperidine rings is 1. The first-order valence-corrected chi connectivity index (χ1v) is 13.3. The lowest BCUT2D eigenvalue weighted by Crippen LogP contribution is -2.44. The summed E-state index contributed by atoms with van der Waals surface area (Å²) in [7, 11) is 3.13. The molecule has 5 heterocycles. The first kappa shape index (κ1) is 24.5. The Balaban J connectivity index is 1.22. The predicted molar refractivity (Wildman–Crippen MR) is 138 cm³/mol. The Bertz CT molecular complexity index is 1600. The molecule has 38 heavy (non-hydrogen) atoms. The molecule has 12 nitrogen and oxygen atoms in total. The number of methoxy groups -OCH3 is 2. The van der Waals surface area contributed by atoms with Crippen molar-refractivity contribution in [2.24, 2.45) is 0 Å². The highest BCUT2D eigenvalue weighted by molar-refractivity contribution is 7.18. The number of aromatic nitrogens is 4. The number of carboxylic acid groups (broad SMARTS) is 1. The Hall–Kier alpha value is -3.88. The van der Waals surface area contributed by atoms with Crippen LogP contribution in [0.1, 0.15) is 23.5 Å². The quantitative estimate of drug-likeness (QED) is 0.298. The van der Waals surface area contributed by atoms with Crippen LogP contribution in [0.5, 0.6) is 16.7 Å². The van der Waals surface area contributed by atoms with Gasteiger partial charge in [-0.15, -0.1) is 16.4 Å². The molecule has 0 aliphatic carbocycles. The third-order valence-corrected chi connectivity index (χ3v) is 8.42. The van der Waals surface area contributed by atoms with E-state index in [9.17, 15) is 15.0 Å². The Labute approximate surface area is 223 Å². The van der Waals surface area contributed by atoms with Crippen LogP contribution < -0.4 is 14.2 Å². The Morgan fingerprint density at radius 2 is 2.00 bits per heavy atom. The van der Waals surface area contributed by atoms with Gasteiger partial charge in [-0.3, -0.25) is 0 Å². The number of ether oxygens (including phenoxy) is 3. The third kappa shape index (κ3) is 4.40. The molecule has 0 radical (unpaired) electrons. The van der Waals surface area contributed by atoms with Crippen molar-refractivity contribution in [2.75, 3.05) is 27.3 Å². The van der Waals surface area contributed by atoms with E-state index in [0.717, 1.165) is 5.39 Å². The summed E-state index contributed by atoms with van der Waals surface area (Å²) in [5.41, 5.74) is 0.719. The van der Waals surface area contributed by atoms with Crippen molar-refractivity contribution in [1.29, 1.82) is 0 Å². The number of hydrogen-bond donors (Lipinski definition) is 2. The second kappa shape index (κ2) is 9.45. The number of hydrogen-bond acceptors (Lipinski definition) is 11. The molecule has 6 rings (SSSR count). The van der Waals surface area contributed by atoms with Gasteiger partial charge < -0.3 is 33.7 Å². The fraction of sp³-hybridized carbons (Fsp3) is 0.333. The molecule has 198 valence electrons. The molecule has 2 N–H and O–H groups in total. The van der Waals surface area contributed by atoms with E-state index in [1.807, 2.05) is 11.4 Å². The summed E-state index contributed by atoms with van der Waals surface area (Å²) < 4.78 is 24.5. The summed E-state index contributed by atoms with van der Waals surface area (Å²) in [6.07, 6.45) is 1.40. The average molecular weight is 558 g/mol. The molecule has 1 fully saturated rings. The van der Waals surface area contributed by atoms with E-state index in [0.29, 0.717) is 62.2 Å². The molecule has 4 aromatic heterocycles. The van der Waals surface area contributed by atoms with Crippen LogP contribution >= 0.6 is 22.7 Å². The van der Waals surface area contributed by atoms with Crippen molar-refractivity contribution in [1.82, 2.24) is 24.5 Å². The smallest absolute Gasteiger partial charge is 0.407 e. The number of carbonyl (C=O) groups is 1. The van der Waals surface area contributed by atoms with Crippen molar-refractivity contribution in [3.8, 4) is 28.1 Å². The lowest BCUT2D eigenvalue weighted by atomic mass is 9.92. The van der Waals surface area contributed by atoms with Crippen LogP contribution in [0.15, 0.2) is 34.2 Å². The number of fused-ring (bicyclic) bond motifs is 2. The molecular weight excluding hydrogens is 534 g/mol. The minimum absolute atomic E-state index is 0.167. The van der Waals surface area contributed by atoms with Gasteiger partial charge in [-0.2, -0.15) is 0 Å². The van der Waals surface area contributed by atoms with Crippen LogP contribution in [0.2, 0.25) is 0 Å². The van der Waals surface area contributed by atoms with Crippen molar-refractivity contribution in [3.63, 3.8) is 0 Å². The molecule has 1 saturated heterocycles. The summed E-state index contributed by atoms with van der Waals surface area (Å²) >= 11 is 2.67. The maximum atomic E-state index is 11.2. The molecule has 0 atom stereocenters. The maximum Gasteiger partial charge on any atom is 0.407 e. The van der Waals surface area contributed by atoms with Gasteiger partial charge in [0.25, 0.3) is 5.19 Å². The fourth-order valence-electron chi connectivity index (χ4n) is 4.35. The first-order valence-electron chi connectivity index (χ1n) is 11.7. The maximum absolute atomic E-state index is 11.2. The van der Waals surface area contributed by atoms with E-state index in [1.165, 1.54) is 27.6 Å². The number of rotatable bonds is 7. The SMILES string of the molecule is COc1cc(OCc2csc(C3(O)CCN(C(=O)O)CC3)n2)c2cc(-c3cn4nc(OC)sc4n3)oc2c1. The van der Waals surface area contributed by atoms with Crippen molar-refractivity contribution in [3.05, 3.63) is 40.5 Å². The second-order valence-electron chi connectivity index (χ2n) is 8.81. The van der Waals surface area contributed by atoms with Gasteiger partial charge >= 0.3 is 6.09 Å². The zero-order valence-electron chi connectivity index (χ0n) is 20.4. The van der Waals surface area contributed by atoms with E-state index in [2.05, 4.69) is 15.1 Å². The highest BCUT2D eigenvalue weighted by Gasteiger charge is 2.38. The average Bonchev–Trinajstić information content (AvgIpc) is 3.69. The predicted octanol–water partition coefficient (Wildman–Crippen LogP) is 4.22. The summed E-state index contributed by atoms with van der Waals surface area (Å²) in [4.78, 5) is 22.4. The van der Waals surface area contributed by atoms with Gasteiger partial charge in [-0.25, -0.2) is 19.3 Å². The first-order chi connectivity index (χ1) is 18.3. The number of aliphatic hydroxyl groups is 1. The molecule has 0 unspecified atom stereocenters. The molecule has 5 aromatic rings. The molecule has 0 bridgehead atoms. The van der Waals surface area contributed by atoms with Crippen LogP contribution in [-0.2, 0) is 12.2 Å². The second-order valence-corrected chi connectivity index (χ2v) is 10.6. The summed E-state index contributed by atoms with van der Waals surface area (Å²) in [5.74, 6) is 1.68. The minimum Gasteiger partial charge on any atom is -0.496 e. The highest BCUT2D eigenvalue weighted by Crippen LogP contribution is 2.38. The van der Waals surface area contributed by atoms with Crippen LogP contribution in [0.4, 0.5) is 4.79 Å². The number of furan rings is 1. The Kier molecular flexibility index (Phi) is 6.08. The van der Waals surface area contributed by atoms with Crippen LogP contribution in [0.3, 0.4) is 0 Å². The van der Waals surface area contributed by atoms with E-state index in [-0.39, 0.29) is 19.7 Å². The van der Waals surface area contributed by atoms with Gasteiger partial charge in [0, 0.05) is 43.4 Å². The van der Waals surface area contributed by atoms with E-state index in [4.69, 9.17) is 18.6 Å². The Morgan fingerprint density at radius 1 is 1.18 bits per heavy atom. The van der Waals surface area contributed by atoms with Crippen LogP contribution in [-0.4, -0.2) is 68.1 Å². The van der Waals surface area contributed by atoms with Crippen LogP contribution in [0.25, 0.3) is 27.4 Å². The fourth-order valence-corrected chi connectivity index (χ4v) is 6.01.